The highest BCUT2D eigenvalue weighted by Crippen LogP contribution is 2.22. The molecule has 0 heterocycles. The summed E-state index contributed by atoms with van der Waals surface area (Å²) in [5.74, 6) is 0.0148. The third-order valence-electron chi connectivity index (χ3n) is 6.20. The van der Waals surface area contributed by atoms with Gasteiger partial charge in [0, 0.05) is 18.7 Å². The molecule has 0 saturated heterocycles. The van der Waals surface area contributed by atoms with E-state index >= 15 is 0 Å². The molecule has 0 aliphatic carbocycles. The summed E-state index contributed by atoms with van der Waals surface area (Å²) >= 11 is 0. The molecule has 0 aliphatic heterocycles. The molecule has 38 heavy (non-hydrogen) atoms. The summed E-state index contributed by atoms with van der Waals surface area (Å²) in [4.78, 5) is 13.3. The van der Waals surface area contributed by atoms with Crippen LogP contribution in [0.25, 0.3) is 0 Å². The minimum absolute atomic E-state index is 0.00710. The first-order chi connectivity index (χ1) is 18.0. The maximum absolute atomic E-state index is 13.6. The average molecular weight is 541 g/mol. The monoisotopic (exact) mass is 540 g/mol. The standard InChI is InChI=1S/C29H36N2O6S/c1-20(2)18-31(38(35,36)25-14-12-24(37-4)13-15-25)19-28(33)27(16-22-8-6-5-7-9-22)30-29(34)26-17-23(32)11-10-21(26)3/h5-15,17,20,27-28,32-33H,16,18-19H2,1-4H3,(H,30,34)/t27-,28+/m0/s1. The second kappa shape index (κ2) is 12.9. The fourth-order valence-electron chi connectivity index (χ4n) is 4.16. The van der Waals surface area contributed by atoms with E-state index in [0.717, 1.165) is 5.56 Å². The maximum Gasteiger partial charge on any atom is 0.252 e. The number of hydrogen-bond acceptors (Lipinski definition) is 6. The Morgan fingerprint density at radius 2 is 1.66 bits per heavy atom. The van der Waals surface area contributed by atoms with Crippen LogP contribution < -0.4 is 10.1 Å². The summed E-state index contributed by atoms with van der Waals surface area (Å²) < 4.78 is 33.5. The summed E-state index contributed by atoms with van der Waals surface area (Å²) in [5, 5.41) is 24.1. The largest absolute Gasteiger partial charge is 0.508 e. The van der Waals surface area contributed by atoms with Gasteiger partial charge >= 0.3 is 0 Å². The Hall–Kier alpha value is -3.40. The van der Waals surface area contributed by atoms with Crippen molar-refractivity contribution in [1.82, 2.24) is 9.62 Å². The van der Waals surface area contributed by atoms with Crippen molar-refractivity contribution in [1.29, 1.82) is 0 Å². The van der Waals surface area contributed by atoms with Gasteiger partial charge in [-0.3, -0.25) is 4.79 Å². The van der Waals surface area contributed by atoms with Crippen LogP contribution in [0.4, 0.5) is 0 Å². The number of aryl methyl sites for hydroxylation is 1. The number of amides is 1. The van der Waals surface area contributed by atoms with E-state index in [4.69, 9.17) is 4.74 Å². The van der Waals surface area contributed by atoms with Gasteiger partial charge in [-0.25, -0.2) is 8.42 Å². The zero-order chi connectivity index (χ0) is 27.9. The number of nitrogens with one attached hydrogen (secondary N) is 1. The molecule has 204 valence electrons. The Kier molecular flexibility index (Phi) is 9.90. The molecule has 0 bridgehead atoms. The molecule has 0 aromatic heterocycles. The van der Waals surface area contributed by atoms with Crippen LogP contribution in [-0.4, -0.2) is 61.2 Å². The predicted molar refractivity (Wildman–Crippen MR) is 147 cm³/mol. The van der Waals surface area contributed by atoms with Gasteiger partial charge in [-0.15, -0.1) is 0 Å². The quantitative estimate of drug-likeness (QED) is 0.322. The lowest BCUT2D eigenvalue weighted by Gasteiger charge is -2.31. The lowest BCUT2D eigenvalue weighted by atomic mass is 9.99. The molecule has 0 saturated carbocycles. The molecule has 3 aromatic rings. The molecular formula is C29H36N2O6S. The topological polar surface area (TPSA) is 116 Å². The Bertz CT molecular complexity index is 1310. The molecule has 9 heteroatoms. The van der Waals surface area contributed by atoms with Gasteiger partial charge in [0.05, 0.1) is 24.2 Å². The van der Waals surface area contributed by atoms with Crippen LogP contribution >= 0.6 is 0 Å². The number of aliphatic hydroxyl groups excluding tert-OH is 1. The molecule has 2 atom stereocenters. The van der Waals surface area contributed by atoms with Crippen molar-refractivity contribution in [3.63, 3.8) is 0 Å². The number of aromatic hydroxyl groups is 1. The minimum Gasteiger partial charge on any atom is -0.508 e. The molecule has 8 nitrogen and oxygen atoms in total. The van der Waals surface area contributed by atoms with Gasteiger partial charge in [0.15, 0.2) is 0 Å². The zero-order valence-electron chi connectivity index (χ0n) is 22.2. The Morgan fingerprint density at radius 1 is 1.00 bits per heavy atom. The Balaban J connectivity index is 1.90. The molecule has 3 N–H and O–H groups in total. The summed E-state index contributed by atoms with van der Waals surface area (Å²) in [7, 11) is -2.44. The van der Waals surface area contributed by atoms with E-state index in [9.17, 15) is 23.4 Å². The normalized spacial score (nSPS) is 13.3. The van der Waals surface area contributed by atoms with Gasteiger partial charge in [-0.05, 0) is 66.8 Å². The van der Waals surface area contributed by atoms with Crippen molar-refractivity contribution in [3.05, 3.63) is 89.5 Å². The van der Waals surface area contributed by atoms with Gasteiger partial charge in [-0.1, -0.05) is 50.2 Å². The highest BCUT2D eigenvalue weighted by molar-refractivity contribution is 7.89. The highest BCUT2D eigenvalue weighted by Gasteiger charge is 2.31. The molecule has 1 amide bonds. The number of aliphatic hydroxyl groups is 1. The number of hydrogen-bond donors (Lipinski definition) is 3. The minimum atomic E-state index is -3.94. The third-order valence-corrected chi connectivity index (χ3v) is 8.05. The number of nitrogens with zero attached hydrogens (tertiary/aromatic N) is 1. The molecule has 3 aromatic carbocycles. The number of methoxy groups -OCH3 is 1. The fourth-order valence-corrected chi connectivity index (χ4v) is 5.78. The van der Waals surface area contributed by atoms with E-state index in [0.29, 0.717) is 11.3 Å². The van der Waals surface area contributed by atoms with E-state index in [-0.39, 0.29) is 41.6 Å². The molecule has 0 spiro atoms. The number of phenols is 1. The van der Waals surface area contributed by atoms with Crippen LogP contribution in [0.3, 0.4) is 0 Å². The lowest BCUT2D eigenvalue weighted by Crippen LogP contribution is -2.51. The van der Waals surface area contributed by atoms with Crippen LogP contribution in [-0.2, 0) is 16.4 Å². The highest BCUT2D eigenvalue weighted by atomic mass is 32.2. The van der Waals surface area contributed by atoms with Crippen molar-refractivity contribution < 1.29 is 28.2 Å². The molecule has 0 radical (unpaired) electrons. The number of carbonyl (C=O) groups is 1. The molecule has 3 rings (SSSR count). The first kappa shape index (κ1) is 29.2. The van der Waals surface area contributed by atoms with Crippen LogP contribution in [0, 0.1) is 12.8 Å². The maximum atomic E-state index is 13.6. The second-order valence-electron chi connectivity index (χ2n) is 9.73. The van der Waals surface area contributed by atoms with Gasteiger partial charge < -0.3 is 20.3 Å². The number of rotatable bonds is 12. The van der Waals surface area contributed by atoms with Crippen LogP contribution in [0.1, 0.15) is 35.3 Å². The van der Waals surface area contributed by atoms with Crippen molar-refractivity contribution in [2.24, 2.45) is 5.92 Å². The smallest absolute Gasteiger partial charge is 0.252 e. The predicted octanol–water partition coefficient (Wildman–Crippen LogP) is 3.76. The lowest BCUT2D eigenvalue weighted by molar-refractivity contribution is 0.0775. The second-order valence-corrected chi connectivity index (χ2v) is 11.7. The summed E-state index contributed by atoms with van der Waals surface area (Å²) in [6, 6.07) is 19.2. The summed E-state index contributed by atoms with van der Waals surface area (Å²) in [5.41, 5.74) is 1.81. The summed E-state index contributed by atoms with van der Waals surface area (Å²) in [6.45, 7) is 5.52. The number of ether oxygens (including phenoxy) is 1. The van der Waals surface area contributed by atoms with Gasteiger partial charge in [0.1, 0.15) is 11.5 Å². The molecular weight excluding hydrogens is 504 g/mol. The van der Waals surface area contributed by atoms with Gasteiger partial charge in [0.2, 0.25) is 10.0 Å². The number of sulfonamides is 1. The first-order valence-corrected chi connectivity index (χ1v) is 13.9. The van der Waals surface area contributed by atoms with E-state index in [1.54, 1.807) is 25.1 Å². The average Bonchev–Trinajstić information content (AvgIpc) is 2.89. The van der Waals surface area contributed by atoms with Crippen molar-refractivity contribution in [3.8, 4) is 11.5 Å². The number of benzene rings is 3. The molecule has 0 fully saturated rings. The molecule has 0 unspecified atom stereocenters. The van der Waals surface area contributed by atoms with Crippen LogP contribution in [0.2, 0.25) is 0 Å². The van der Waals surface area contributed by atoms with Crippen molar-refractivity contribution in [2.45, 2.75) is 44.2 Å². The van der Waals surface area contributed by atoms with E-state index in [2.05, 4.69) is 5.32 Å². The van der Waals surface area contributed by atoms with E-state index < -0.39 is 28.1 Å². The van der Waals surface area contributed by atoms with Crippen LogP contribution in [0.5, 0.6) is 11.5 Å². The van der Waals surface area contributed by atoms with E-state index in [1.807, 2.05) is 44.2 Å². The van der Waals surface area contributed by atoms with Crippen molar-refractivity contribution in [2.75, 3.05) is 20.2 Å². The van der Waals surface area contributed by atoms with E-state index in [1.165, 1.54) is 35.7 Å². The number of phenolic OH excluding ortho intramolecular Hbond substituents is 1. The van der Waals surface area contributed by atoms with Crippen molar-refractivity contribution >= 4 is 15.9 Å². The summed E-state index contributed by atoms with van der Waals surface area (Å²) in [6.07, 6.45) is -0.937. The number of carbonyl (C=O) groups excluding carboxylic acids is 1. The van der Waals surface area contributed by atoms with Crippen LogP contribution in [0.15, 0.2) is 77.7 Å². The zero-order valence-corrected chi connectivity index (χ0v) is 23.0. The SMILES string of the molecule is COc1ccc(S(=O)(=O)N(CC(C)C)C[C@@H](O)[C@H](Cc2ccccc2)NC(=O)c2cc(O)ccc2C)cc1. The van der Waals surface area contributed by atoms with Gasteiger partial charge in [0.25, 0.3) is 5.91 Å². The molecule has 0 aliphatic rings. The first-order valence-electron chi connectivity index (χ1n) is 12.5. The Labute approximate surface area is 224 Å². The van der Waals surface area contributed by atoms with Gasteiger partial charge in [-0.2, -0.15) is 4.31 Å². The fraction of sp³-hybridized carbons (Fsp3) is 0.345. The third kappa shape index (κ3) is 7.56. The Morgan fingerprint density at radius 3 is 2.26 bits per heavy atom.